The molecule has 1 heterocycles. The Bertz CT molecular complexity index is 890. The Hall–Kier alpha value is -2.90. The summed E-state index contributed by atoms with van der Waals surface area (Å²) in [5, 5.41) is 0. The Balaban J connectivity index is 2.40. The van der Waals surface area contributed by atoms with Crippen molar-refractivity contribution in [3.05, 3.63) is 53.0 Å². The van der Waals surface area contributed by atoms with Crippen molar-refractivity contribution in [2.24, 2.45) is 0 Å². The van der Waals surface area contributed by atoms with Crippen LogP contribution in [0.3, 0.4) is 0 Å². The van der Waals surface area contributed by atoms with E-state index in [4.69, 9.17) is 17.0 Å². The molecule has 0 atom stereocenters. The number of hydrogen-bond donors (Lipinski definition) is 1. The van der Waals surface area contributed by atoms with Gasteiger partial charge in [-0.25, -0.2) is 13.6 Å². The Morgan fingerprint density at radius 2 is 1.92 bits per heavy atom. The summed E-state index contributed by atoms with van der Waals surface area (Å²) >= 11 is 0. The van der Waals surface area contributed by atoms with Crippen LogP contribution in [0, 0.1) is 29.7 Å². The average molecular weight is 343 g/mol. The summed E-state index contributed by atoms with van der Waals surface area (Å²) in [6, 6.07) is 4.61. The normalized spacial score (nSPS) is 10.5. The SMILES string of the molecule is [C-]#[N+]c1cc(Oc2nc(C#C[Si](C)(C)C)c(N)cc2F)ccc1F. The van der Waals surface area contributed by atoms with Crippen LogP contribution in [0.2, 0.25) is 19.6 Å². The molecule has 0 aliphatic heterocycles. The standard InChI is InChI=1S/C17H15F2N3OSi/c1-21-16-9-11(5-6-12(16)18)23-17-13(19)10-14(20)15(22-17)7-8-24(2,3)4/h5-6,9-10H,20H2,2-4H3. The number of benzene rings is 1. The van der Waals surface area contributed by atoms with E-state index >= 15 is 0 Å². The summed E-state index contributed by atoms with van der Waals surface area (Å²) in [5.74, 6) is 1.19. The van der Waals surface area contributed by atoms with Gasteiger partial charge in [-0.15, -0.1) is 5.54 Å². The van der Waals surface area contributed by atoms with E-state index < -0.39 is 19.7 Å². The summed E-state index contributed by atoms with van der Waals surface area (Å²) in [7, 11) is -1.65. The number of anilines is 1. The molecule has 24 heavy (non-hydrogen) atoms. The highest BCUT2D eigenvalue weighted by atomic mass is 28.3. The summed E-state index contributed by atoms with van der Waals surface area (Å²) in [4.78, 5) is 7.03. The molecule has 1 aromatic heterocycles. The second-order valence-electron chi connectivity index (χ2n) is 6.04. The monoisotopic (exact) mass is 343 g/mol. The fourth-order valence-corrected chi connectivity index (χ4v) is 2.15. The number of nitrogens with two attached hydrogens (primary N) is 1. The molecule has 0 saturated heterocycles. The van der Waals surface area contributed by atoms with Gasteiger partial charge < -0.3 is 10.5 Å². The van der Waals surface area contributed by atoms with Crippen LogP contribution in [0.15, 0.2) is 24.3 Å². The lowest BCUT2D eigenvalue weighted by Gasteiger charge is -2.09. The maximum Gasteiger partial charge on any atom is 0.257 e. The molecule has 0 amide bonds. The van der Waals surface area contributed by atoms with Crippen molar-refractivity contribution in [2.45, 2.75) is 19.6 Å². The van der Waals surface area contributed by atoms with Crippen LogP contribution in [0.1, 0.15) is 5.69 Å². The van der Waals surface area contributed by atoms with Crippen LogP contribution in [-0.2, 0) is 0 Å². The average Bonchev–Trinajstić information content (AvgIpc) is 2.49. The summed E-state index contributed by atoms with van der Waals surface area (Å²) in [5.41, 5.74) is 8.96. The minimum atomic E-state index is -1.65. The first kappa shape index (κ1) is 17.5. The maximum atomic E-state index is 14.0. The number of ether oxygens (including phenoxy) is 1. The van der Waals surface area contributed by atoms with Crippen molar-refractivity contribution in [2.75, 3.05) is 5.73 Å². The van der Waals surface area contributed by atoms with Gasteiger partial charge in [-0.3, -0.25) is 0 Å². The summed E-state index contributed by atoms with van der Waals surface area (Å²) in [6.07, 6.45) is 0. The minimum absolute atomic E-state index is 0.0997. The molecule has 0 aliphatic rings. The topological polar surface area (TPSA) is 52.5 Å². The molecule has 2 N–H and O–H groups in total. The number of hydrogen-bond acceptors (Lipinski definition) is 3. The first-order chi connectivity index (χ1) is 11.2. The van der Waals surface area contributed by atoms with E-state index in [0.29, 0.717) is 0 Å². The van der Waals surface area contributed by atoms with Gasteiger partial charge in [0.1, 0.15) is 25.3 Å². The molecule has 0 radical (unpaired) electrons. The number of aromatic nitrogens is 1. The number of pyridine rings is 1. The highest BCUT2D eigenvalue weighted by Gasteiger charge is 2.14. The molecular weight excluding hydrogens is 328 g/mol. The Kier molecular flexibility index (Phi) is 4.86. The Morgan fingerprint density at radius 1 is 1.21 bits per heavy atom. The molecule has 0 aliphatic carbocycles. The van der Waals surface area contributed by atoms with Crippen molar-refractivity contribution in [3.8, 4) is 23.1 Å². The molecule has 2 rings (SSSR count). The largest absolute Gasteiger partial charge is 0.438 e. The Morgan fingerprint density at radius 3 is 2.54 bits per heavy atom. The van der Waals surface area contributed by atoms with E-state index in [9.17, 15) is 8.78 Å². The van der Waals surface area contributed by atoms with Crippen molar-refractivity contribution in [3.63, 3.8) is 0 Å². The van der Waals surface area contributed by atoms with E-state index in [1.54, 1.807) is 0 Å². The first-order valence-corrected chi connectivity index (χ1v) is 10.5. The van der Waals surface area contributed by atoms with Crippen molar-refractivity contribution in [1.29, 1.82) is 0 Å². The third-order valence-corrected chi connectivity index (χ3v) is 3.66. The van der Waals surface area contributed by atoms with Crippen LogP contribution in [-0.4, -0.2) is 13.1 Å². The molecule has 0 spiro atoms. The van der Waals surface area contributed by atoms with Gasteiger partial charge in [0.2, 0.25) is 5.69 Å². The number of halogens is 2. The molecule has 4 nitrogen and oxygen atoms in total. The Labute approximate surface area is 140 Å². The van der Waals surface area contributed by atoms with E-state index in [1.807, 2.05) is 0 Å². The third-order valence-electron chi connectivity index (χ3n) is 2.78. The molecule has 1 aromatic carbocycles. The molecule has 0 saturated carbocycles. The molecule has 0 bridgehead atoms. The van der Waals surface area contributed by atoms with Crippen LogP contribution >= 0.6 is 0 Å². The van der Waals surface area contributed by atoms with E-state index in [1.165, 1.54) is 12.1 Å². The van der Waals surface area contributed by atoms with Crippen LogP contribution in [0.25, 0.3) is 4.85 Å². The summed E-state index contributed by atoms with van der Waals surface area (Å²) < 4.78 is 32.7. The van der Waals surface area contributed by atoms with E-state index in [2.05, 4.69) is 40.9 Å². The lowest BCUT2D eigenvalue weighted by molar-refractivity contribution is 0.422. The van der Waals surface area contributed by atoms with Gasteiger partial charge in [-0.05, 0) is 18.2 Å². The zero-order valence-corrected chi connectivity index (χ0v) is 14.4. The van der Waals surface area contributed by atoms with Gasteiger partial charge >= 0.3 is 0 Å². The van der Waals surface area contributed by atoms with Crippen LogP contribution in [0.5, 0.6) is 11.6 Å². The lowest BCUT2D eigenvalue weighted by Crippen LogP contribution is -2.16. The van der Waals surface area contributed by atoms with Gasteiger partial charge in [-0.1, -0.05) is 25.6 Å². The van der Waals surface area contributed by atoms with E-state index in [-0.39, 0.29) is 28.7 Å². The van der Waals surface area contributed by atoms with E-state index in [0.717, 1.165) is 12.1 Å². The molecule has 0 unspecified atom stereocenters. The van der Waals surface area contributed by atoms with Crippen LogP contribution < -0.4 is 10.5 Å². The fourth-order valence-electron chi connectivity index (χ4n) is 1.66. The summed E-state index contributed by atoms with van der Waals surface area (Å²) in [6.45, 7) is 13.1. The third kappa shape index (κ3) is 4.31. The van der Waals surface area contributed by atoms with Gasteiger partial charge in [0.25, 0.3) is 5.88 Å². The molecule has 7 heteroatoms. The van der Waals surface area contributed by atoms with Gasteiger partial charge in [0, 0.05) is 6.07 Å². The molecule has 0 fully saturated rings. The fraction of sp³-hybridized carbons (Fsp3) is 0.176. The van der Waals surface area contributed by atoms with Gasteiger partial charge in [-0.2, -0.15) is 4.98 Å². The highest BCUT2D eigenvalue weighted by Crippen LogP contribution is 2.29. The number of rotatable bonds is 2. The first-order valence-electron chi connectivity index (χ1n) is 7.03. The smallest absolute Gasteiger partial charge is 0.257 e. The van der Waals surface area contributed by atoms with Gasteiger partial charge in [0.05, 0.1) is 12.3 Å². The van der Waals surface area contributed by atoms with Crippen LogP contribution in [0.4, 0.5) is 20.2 Å². The second-order valence-corrected chi connectivity index (χ2v) is 10.8. The van der Waals surface area contributed by atoms with Crippen molar-refractivity contribution >= 4 is 19.4 Å². The van der Waals surface area contributed by atoms with Crippen molar-refractivity contribution in [1.82, 2.24) is 4.98 Å². The zero-order chi connectivity index (χ0) is 17.9. The lowest BCUT2D eigenvalue weighted by atomic mass is 10.3. The molecule has 122 valence electrons. The predicted molar refractivity (Wildman–Crippen MR) is 91.6 cm³/mol. The molecule has 2 aromatic rings. The highest BCUT2D eigenvalue weighted by molar-refractivity contribution is 6.83. The second kappa shape index (κ2) is 6.69. The molecular formula is C17H15F2N3OSi. The minimum Gasteiger partial charge on any atom is -0.438 e. The number of nitrogen functional groups attached to an aromatic ring is 1. The van der Waals surface area contributed by atoms with Gasteiger partial charge in [0.15, 0.2) is 5.82 Å². The quantitative estimate of drug-likeness (QED) is 0.496. The predicted octanol–water partition coefficient (Wildman–Crippen LogP) is 4.51. The zero-order valence-electron chi connectivity index (χ0n) is 13.4. The van der Waals surface area contributed by atoms with Crippen molar-refractivity contribution < 1.29 is 13.5 Å². The maximum absolute atomic E-state index is 14.0. The number of nitrogens with zero attached hydrogens (tertiary/aromatic N) is 2.